The Labute approximate surface area is 204 Å². The van der Waals surface area contributed by atoms with E-state index in [-0.39, 0.29) is 5.41 Å². The van der Waals surface area contributed by atoms with Crippen molar-refractivity contribution in [3.63, 3.8) is 0 Å². The topological polar surface area (TPSA) is 105 Å². The molecule has 1 aliphatic rings. The summed E-state index contributed by atoms with van der Waals surface area (Å²) in [6.45, 7) is 8.57. The average molecular weight is 475 g/mol. The summed E-state index contributed by atoms with van der Waals surface area (Å²) in [5, 5.41) is 4.12. The molecule has 0 bridgehead atoms. The van der Waals surface area contributed by atoms with Gasteiger partial charge >= 0.3 is 0 Å². The number of pyridine rings is 1. The third-order valence-electron chi connectivity index (χ3n) is 7.07. The number of amides is 1. The second-order valence-corrected chi connectivity index (χ2v) is 9.66. The van der Waals surface area contributed by atoms with Crippen LogP contribution in [0.1, 0.15) is 41.6 Å². The van der Waals surface area contributed by atoms with Crippen molar-refractivity contribution in [2.45, 2.75) is 40.2 Å². The van der Waals surface area contributed by atoms with E-state index < -0.39 is 5.91 Å². The smallest absolute Gasteiger partial charge is 0.252 e. The van der Waals surface area contributed by atoms with E-state index in [9.17, 15) is 4.79 Å². The number of aromatic nitrogens is 3. The number of hydrogen-bond acceptors (Lipinski definition) is 6. The van der Waals surface area contributed by atoms with Gasteiger partial charge in [0.1, 0.15) is 11.5 Å². The summed E-state index contributed by atoms with van der Waals surface area (Å²) in [4.78, 5) is 16.7. The number of carbonyl (C=O) groups excluding carboxylic acids is 1. The largest absolute Gasteiger partial charge is 0.496 e. The maximum atomic E-state index is 11.8. The lowest BCUT2D eigenvalue weighted by atomic mass is 9.82. The first-order valence-corrected chi connectivity index (χ1v) is 11.8. The summed E-state index contributed by atoms with van der Waals surface area (Å²) < 4.78 is 18.8. The molecule has 0 unspecified atom stereocenters. The van der Waals surface area contributed by atoms with Crippen molar-refractivity contribution in [1.82, 2.24) is 14.7 Å². The van der Waals surface area contributed by atoms with E-state index in [0.717, 1.165) is 77.3 Å². The lowest BCUT2D eigenvalue weighted by Crippen LogP contribution is -2.30. The number of benzene rings is 1. The van der Waals surface area contributed by atoms with Crippen molar-refractivity contribution >= 4 is 16.9 Å². The normalized spacial score (nSPS) is 15.4. The molecule has 0 saturated carbocycles. The lowest BCUT2D eigenvalue weighted by Gasteiger charge is -2.34. The molecule has 1 saturated heterocycles. The molecule has 4 aromatic rings. The minimum atomic E-state index is -0.523. The number of nitrogens with two attached hydrogens (primary N) is 1. The summed E-state index contributed by atoms with van der Waals surface area (Å²) in [6.07, 6.45) is 6.02. The number of carbonyl (C=O) groups is 1. The maximum absolute atomic E-state index is 11.8. The molecular weight excluding hydrogens is 444 g/mol. The number of ether oxygens (including phenoxy) is 2. The van der Waals surface area contributed by atoms with Crippen LogP contribution >= 0.6 is 0 Å². The second kappa shape index (κ2) is 8.85. The quantitative estimate of drug-likeness (QED) is 0.426. The minimum Gasteiger partial charge on any atom is -0.496 e. The first-order chi connectivity index (χ1) is 16.8. The molecule has 4 heterocycles. The molecule has 8 nitrogen and oxygen atoms in total. The molecule has 8 heteroatoms. The van der Waals surface area contributed by atoms with E-state index in [1.54, 1.807) is 6.07 Å². The van der Waals surface area contributed by atoms with E-state index in [1.807, 2.05) is 32.2 Å². The predicted molar refractivity (Wildman–Crippen MR) is 133 cm³/mol. The Bertz CT molecular complexity index is 1390. The number of nitrogens with zero attached hydrogens (tertiary/aromatic N) is 3. The van der Waals surface area contributed by atoms with E-state index in [0.29, 0.717) is 11.3 Å². The molecular formula is C27H30N4O4. The number of fused-ring (bicyclic) bond motifs is 1. The Kier molecular flexibility index (Phi) is 5.84. The van der Waals surface area contributed by atoms with Gasteiger partial charge in [-0.25, -0.2) is 0 Å². The molecule has 2 N–H and O–H groups in total. The van der Waals surface area contributed by atoms with Gasteiger partial charge in [0.25, 0.3) is 5.91 Å². The van der Waals surface area contributed by atoms with E-state index in [4.69, 9.17) is 24.7 Å². The van der Waals surface area contributed by atoms with Gasteiger partial charge in [-0.2, -0.15) is 0 Å². The summed E-state index contributed by atoms with van der Waals surface area (Å²) in [5.41, 5.74) is 12.6. The number of hydrogen-bond donors (Lipinski definition) is 1. The van der Waals surface area contributed by atoms with E-state index >= 15 is 0 Å². The zero-order valence-electron chi connectivity index (χ0n) is 20.6. The van der Waals surface area contributed by atoms with Crippen LogP contribution in [0.2, 0.25) is 0 Å². The number of aryl methyl sites for hydroxylation is 2. The molecule has 3 aromatic heterocycles. The van der Waals surface area contributed by atoms with Crippen LogP contribution in [0.25, 0.3) is 33.3 Å². The van der Waals surface area contributed by atoms with Gasteiger partial charge in [-0.1, -0.05) is 18.1 Å². The van der Waals surface area contributed by atoms with Gasteiger partial charge in [0, 0.05) is 48.8 Å². The molecule has 1 amide bonds. The van der Waals surface area contributed by atoms with E-state index in [1.165, 1.54) is 7.11 Å². The van der Waals surface area contributed by atoms with Crippen LogP contribution in [0.4, 0.5) is 0 Å². The van der Waals surface area contributed by atoms with Crippen LogP contribution in [0, 0.1) is 19.3 Å². The fourth-order valence-corrected chi connectivity index (χ4v) is 5.04. The van der Waals surface area contributed by atoms with Gasteiger partial charge in [-0.15, -0.1) is 0 Å². The van der Waals surface area contributed by atoms with Crippen LogP contribution in [-0.4, -0.2) is 40.9 Å². The van der Waals surface area contributed by atoms with Crippen LogP contribution in [0.3, 0.4) is 0 Å². The maximum Gasteiger partial charge on any atom is 0.252 e. The monoisotopic (exact) mass is 474 g/mol. The highest BCUT2D eigenvalue weighted by atomic mass is 16.5. The molecule has 0 radical (unpaired) electrons. The van der Waals surface area contributed by atoms with Crippen LogP contribution in [-0.2, 0) is 11.3 Å². The number of rotatable bonds is 6. The lowest BCUT2D eigenvalue weighted by molar-refractivity contribution is 0.0161. The number of primary amides is 1. The van der Waals surface area contributed by atoms with Crippen molar-refractivity contribution in [2.75, 3.05) is 20.3 Å². The van der Waals surface area contributed by atoms with Crippen molar-refractivity contribution in [2.24, 2.45) is 11.1 Å². The van der Waals surface area contributed by atoms with Crippen molar-refractivity contribution in [3.05, 3.63) is 53.7 Å². The molecule has 0 aliphatic carbocycles. The standard InChI is InChI=1S/C27H30N4O4/c1-16-24(17(2)35-30-16)19-11-22-25(29-13-19)21(14-31(22)15-27(3)7-9-34-10-8-27)18-5-6-20(26(28)32)23(12-18)33-4/h5-6,11-14H,7-10,15H2,1-4H3,(H2,28,32). The summed E-state index contributed by atoms with van der Waals surface area (Å²) in [6, 6.07) is 7.61. The van der Waals surface area contributed by atoms with Crippen molar-refractivity contribution in [1.29, 1.82) is 0 Å². The molecule has 0 spiro atoms. The van der Waals surface area contributed by atoms with Crippen LogP contribution < -0.4 is 10.5 Å². The fourth-order valence-electron chi connectivity index (χ4n) is 5.04. The summed E-state index contributed by atoms with van der Waals surface area (Å²) in [5.74, 6) is 0.690. The minimum absolute atomic E-state index is 0.119. The first kappa shape index (κ1) is 23.1. The molecule has 0 atom stereocenters. The summed E-state index contributed by atoms with van der Waals surface area (Å²) >= 11 is 0. The van der Waals surface area contributed by atoms with E-state index in [2.05, 4.69) is 28.9 Å². The fraction of sp³-hybridized carbons (Fsp3) is 0.370. The molecule has 1 fully saturated rings. The highest BCUT2D eigenvalue weighted by Crippen LogP contribution is 2.38. The third-order valence-corrected chi connectivity index (χ3v) is 7.07. The van der Waals surface area contributed by atoms with Gasteiger partial charge in [-0.3, -0.25) is 9.78 Å². The Morgan fingerprint density at radius 3 is 2.63 bits per heavy atom. The van der Waals surface area contributed by atoms with Gasteiger partial charge in [-0.05, 0) is 55.9 Å². The molecule has 35 heavy (non-hydrogen) atoms. The number of methoxy groups -OCH3 is 1. The SMILES string of the molecule is COc1cc(-c2cn(CC3(C)CCOCC3)c3cc(-c4c(C)noc4C)cnc23)ccc1C(N)=O. The molecule has 182 valence electrons. The third kappa shape index (κ3) is 4.18. The Morgan fingerprint density at radius 2 is 1.97 bits per heavy atom. The molecule has 5 rings (SSSR count). The zero-order valence-corrected chi connectivity index (χ0v) is 20.6. The van der Waals surface area contributed by atoms with Crippen molar-refractivity contribution in [3.8, 4) is 28.0 Å². The Balaban J connectivity index is 1.68. The second-order valence-electron chi connectivity index (χ2n) is 9.66. The first-order valence-electron chi connectivity index (χ1n) is 11.8. The van der Waals surface area contributed by atoms with Gasteiger partial charge in [0.15, 0.2) is 0 Å². The molecule has 1 aromatic carbocycles. The van der Waals surface area contributed by atoms with Crippen LogP contribution in [0.5, 0.6) is 5.75 Å². The van der Waals surface area contributed by atoms with Crippen LogP contribution in [0.15, 0.2) is 41.2 Å². The Hall–Kier alpha value is -3.65. The predicted octanol–water partition coefficient (Wildman–Crippen LogP) is 4.90. The average Bonchev–Trinajstić information content (AvgIpc) is 3.37. The zero-order chi connectivity index (χ0) is 24.7. The highest BCUT2D eigenvalue weighted by molar-refractivity contribution is 5.99. The molecule has 1 aliphatic heterocycles. The van der Waals surface area contributed by atoms with Gasteiger partial charge in [0.05, 0.1) is 29.4 Å². The van der Waals surface area contributed by atoms with Gasteiger partial charge < -0.3 is 24.3 Å². The highest BCUT2D eigenvalue weighted by Gasteiger charge is 2.29. The van der Waals surface area contributed by atoms with Crippen molar-refractivity contribution < 1.29 is 18.8 Å². The van der Waals surface area contributed by atoms with Gasteiger partial charge in [0.2, 0.25) is 0 Å². The summed E-state index contributed by atoms with van der Waals surface area (Å²) in [7, 11) is 1.54. The Morgan fingerprint density at radius 1 is 1.20 bits per heavy atom.